The Labute approximate surface area is 162 Å². The van der Waals surface area contributed by atoms with Gasteiger partial charge in [-0.1, -0.05) is 36.9 Å². The molecule has 0 radical (unpaired) electrons. The van der Waals surface area contributed by atoms with E-state index in [0.717, 1.165) is 5.56 Å². The number of nitrogens with two attached hydrogens (primary N) is 1. The summed E-state index contributed by atoms with van der Waals surface area (Å²) in [5.41, 5.74) is 5.01. The maximum absolute atomic E-state index is 12.4. The van der Waals surface area contributed by atoms with Crippen molar-refractivity contribution in [2.75, 3.05) is 0 Å². The molecule has 0 unspecified atom stereocenters. The van der Waals surface area contributed by atoms with E-state index in [2.05, 4.69) is 6.58 Å². The number of cyclic esters (lactones) is 1. The molecule has 0 spiro atoms. The molecule has 3 fully saturated rings. The van der Waals surface area contributed by atoms with Crippen LogP contribution < -0.4 is 5.73 Å². The Kier molecular flexibility index (Phi) is 4.54. The first-order valence-electron chi connectivity index (χ1n) is 9.09. The monoisotopic (exact) mass is 389 g/mol. The molecule has 0 bridgehead atoms. The van der Waals surface area contributed by atoms with E-state index < -0.39 is 47.9 Å². The van der Waals surface area contributed by atoms with Gasteiger partial charge in [0.25, 0.3) is 5.91 Å². The second-order valence-corrected chi connectivity index (χ2v) is 7.71. The average Bonchev–Trinajstić information content (AvgIpc) is 3.22. The van der Waals surface area contributed by atoms with Crippen LogP contribution in [0.1, 0.15) is 25.8 Å². The van der Waals surface area contributed by atoms with Crippen LogP contribution in [0.5, 0.6) is 0 Å². The largest absolute Gasteiger partial charge is 0.442 e. The molecule has 4 rings (SSSR count). The van der Waals surface area contributed by atoms with Crippen LogP contribution in [-0.2, 0) is 39.9 Å². The summed E-state index contributed by atoms with van der Waals surface area (Å²) in [6, 6.07) is 9.54. The number of carbonyl (C=O) groups is 2. The lowest BCUT2D eigenvalue weighted by atomic mass is 9.87. The van der Waals surface area contributed by atoms with Gasteiger partial charge in [-0.25, -0.2) is 4.79 Å². The van der Waals surface area contributed by atoms with Crippen molar-refractivity contribution in [1.29, 1.82) is 0 Å². The lowest BCUT2D eigenvalue weighted by molar-refractivity contribution is -0.242. The van der Waals surface area contributed by atoms with Crippen molar-refractivity contribution in [3.05, 3.63) is 48.0 Å². The Balaban J connectivity index is 1.64. The molecule has 8 heteroatoms. The Morgan fingerprint density at radius 1 is 1.29 bits per heavy atom. The molecule has 0 aromatic heterocycles. The van der Waals surface area contributed by atoms with Crippen LogP contribution in [0, 0.1) is 0 Å². The van der Waals surface area contributed by atoms with Crippen molar-refractivity contribution in [3.8, 4) is 0 Å². The Morgan fingerprint density at radius 3 is 2.61 bits per heavy atom. The molecule has 3 aliphatic heterocycles. The van der Waals surface area contributed by atoms with Gasteiger partial charge in [-0.2, -0.15) is 0 Å². The summed E-state index contributed by atoms with van der Waals surface area (Å²) in [7, 11) is 0. The number of amides is 1. The Morgan fingerprint density at radius 2 is 2.00 bits per heavy atom. The molecule has 28 heavy (non-hydrogen) atoms. The van der Waals surface area contributed by atoms with E-state index in [9.17, 15) is 9.59 Å². The van der Waals surface area contributed by atoms with Crippen LogP contribution in [0.25, 0.3) is 0 Å². The molecule has 3 aliphatic rings. The van der Waals surface area contributed by atoms with E-state index in [1.54, 1.807) is 13.8 Å². The van der Waals surface area contributed by atoms with Gasteiger partial charge < -0.3 is 29.4 Å². The minimum Gasteiger partial charge on any atom is -0.442 e. The smallest absolute Gasteiger partial charge is 0.334 e. The number of esters is 1. The molecule has 0 saturated carbocycles. The third-order valence-electron chi connectivity index (χ3n) is 5.19. The third kappa shape index (κ3) is 3.12. The SMILES string of the molecule is C=C1C[C@](C(N)=O)([C@H]2O[C@@H]3OC(C)(C)O[C@@H]3[C@H]2OCc2ccccc2)OC1=O. The lowest BCUT2D eigenvalue weighted by Crippen LogP contribution is -2.58. The van der Waals surface area contributed by atoms with Gasteiger partial charge in [0.15, 0.2) is 12.1 Å². The van der Waals surface area contributed by atoms with Crippen molar-refractivity contribution >= 4 is 11.9 Å². The van der Waals surface area contributed by atoms with Gasteiger partial charge in [0.05, 0.1) is 6.61 Å². The first-order chi connectivity index (χ1) is 13.2. The average molecular weight is 389 g/mol. The zero-order valence-electron chi connectivity index (χ0n) is 15.8. The van der Waals surface area contributed by atoms with Crippen LogP contribution in [0.4, 0.5) is 0 Å². The van der Waals surface area contributed by atoms with E-state index in [1.165, 1.54) is 0 Å². The summed E-state index contributed by atoms with van der Waals surface area (Å²) in [6.45, 7) is 7.44. The fraction of sp³-hybridized carbons (Fsp3) is 0.500. The van der Waals surface area contributed by atoms with E-state index >= 15 is 0 Å². The number of benzene rings is 1. The minimum absolute atomic E-state index is 0.0696. The molecule has 5 atom stereocenters. The summed E-state index contributed by atoms with van der Waals surface area (Å²) >= 11 is 0. The summed E-state index contributed by atoms with van der Waals surface area (Å²) in [5, 5.41) is 0. The minimum atomic E-state index is -1.71. The van der Waals surface area contributed by atoms with Gasteiger partial charge in [0.2, 0.25) is 5.60 Å². The standard InChI is InChI=1S/C20H23NO7/c1-11-9-20(18(21)23,27-16(11)22)15-13(24-10-12-7-5-4-6-8-12)14-17(25-15)28-19(2,3)26-14/h4-8,13-15,17H,1,9-10H2,2-3H3,(H2,21,23)/t13-,14-,15+,17-,20-/m1/s1. The van der Waals surface area contributed by atoms with Gasteiger partial charge in [0, 0.05) is 12.0 Å². The maximum atomic E-state index is 12.4. The summed E-state index contributed by atoms with van der Waals surface area (Å²) < 4.78 is 29.2. The normalized spacial score (nSPS) is 36.4. The highest BCUT2D eigenvalue weighted by molar-refractivity contribution is 5.98. The van der Waals surface area contributed by atoms with Crippen LogP contribution in [0.3, 0.4) is 0 Å². The van der Waals surface area contributed by atoms with Crippen molar-refractivity contribution < 1.29 is 33.3 Å². The van der Waals surface area contributed by atoms with E-state index in [-0.39, 0.29) is 18.6 Å². The predicted octanol–water partition coefficient (Wildman–Crippen LogP) is 1.18. The van der Waals surface area contributed by atoms with Crippen LogP contribution in [0.2, 0.25) is 0 Å². The molecule has 1 aromatic carbocycles. The molecule has 2 N–H and O–H groups in total. The molecule has 3 heterocycles. The second-order valence-electron chi connectivity index (χ2n) is 7.71. The van der Waals surface area contributed by atoms with Crippen LogP contribution in [0.15, 0.2) is 42.5 Å². The number of ether oxygens (including phenoxy) is 5. The third-order valence-corrected chi connectivity index (χ3v) is 5.19. The first kappa shape index (κ1) is 19.1. The van der Waals surface area contributed by atoms with E-state index in [1.807, 2.05) is 30.3 Å². The number of rotatable bonds is 5. The highest BCUT2D eigenvalue weighted by atomic mass is 16.8. The summed E-state index contributed by atoms with van der Waals surface area (Å²) in [6.07, 6.45) is -3.17. The lowest BCUT2D eigenvalue weighted by Gasteiger charge is -2.34. The van der Waals surface area contributed by atoms with Gasteiger partial charge in [-0.05, 0) is 19.4 Å². The predicted molar refractivity (Wildman–Crippen MR) is 95.5 cm³/mol. The van der Waals surface area contributed by atoms with Crippen LogP contribution in [-0.4, -0.2) is 47.9 Å². The molecular formula is C20H23NO7. The Bertz CT molecular complexity index is 790. The Hall–Kier alpha value is -2.26. The molecule has 0 aliphatic carbocycles. The summed E-state index contributed by atoms with van der Waals surface area (Å²) in [5.74, 6) is -2.37. The number of fused-ring (bicyclic) bond motifs is 1. The molecule has 150 valence electrons. The van der Waals surface area contributed by atoms with Crippen molar-refractivity contribution in [2.45, 2.75) is 62.9 Å². The topological polar surface area (TPSA) is 106 Å². The second kappa shape index (κ2) is 6.66. The number of carbonyl (C=O) groups excluding carboxylic acids is 2. The highest BCUT2D eigenvalue weighted by Gasteiger charge is 2.66. The zero-order chi connectivity index (χ0) is 20.1. The van der Waals surface area contributed by atoms with Gasteiger partial charge in [0.1, 0.15) is 18.3 Å². The molecule has 1 aromatic rings. The van der Waals surface area contributed by atoms with Gasteiger partial charge in [-0.15, -0.1) is 0 Å². The first-order valence-corrected chi connectivity index (χ1v) is 9.09. The van der Waals surface area contributed by atoms with Gasteiger partial charge >= 0.3 is 5.97 Å². The van der Waals surface area contributed by atoms with Crippen molar-refractivity contribution in [2.24, 2.45) is 5.73 Å². The maximum Gasteiger partial charge on any atom is 0.334 e. The number of hydrogen-bond acceptors (Lipinski definition) is 7. The zero-order valence-corrected chi connectivity index (χ0v) is 15.8. The van der Waals surface area contributed by atoms with Crippen molar-refractivity contribution in [3.63, 3.8) is 0 Å². The molecule has 1 amide bonds. The quantitative estimate of drug-likeness (QED) is 0.595. The fourth-order valence-corrected chi connectivity index (χ4v) is 3.90. The number of hydrogen-bond donors (Lipinski definition) is 1. The van der Waals surface area contributed by atoms with E-state index in [4.69, 9.17) is 29.4 Å². The number of primary amides is 1. The summed E-state index contributed by atoms with van der Waals surface area (Å²) in [4.78, 5) is 24.4. The molecule has 3 saturated heterocycles. The van der Waals surface area contributed by atoms with Gasteiger partial charge in [-0.3, -0.25) is 4.79 Å². The highest BCUT2D eigenvalue weighted by Crippen LogP contribution is 2.46. The molecule has 8 nitrogen and oxygen atoms in total. The van der Waals surface area contributed by atoms with E-state index in [0.29, 0.717) is 0 Å². The molecular weight excluding hydrogens is 366 g/mol. The van der Waals surface area contributed by atoms with Crippen LogP contribution >= 0.6 is 0 Å². The fourth-order valence-electron chi connectivity index (χ4n) is 3.90. The van der Waals surface area contributed by atoms with Crippen molar-refractivity contribution in [1.82, 2.24) is 0 Å².